The van der Waals surface area contributed by atoms with Crippen LogP contribution in [0.15, 0.2) is 24.3 Å². The highest BCUT2D eigenvalue weighted by molar-refractivity contribution is 6.02. The van der Waals surface area contributed by atoms with E-state index in [4.69, 9.17) is 18.9 Å². The van der Waals surface area contributed by atoms with Gasteiger partial charge in [0.2, 0.25) is 11.8 Å². The lowest BCUT2D eigenvalue weighted by atomic mass is 9.89. The van der Waals surface area contributed by atoms with Gasteiger partial charge < -0.3 is 39.9 Å². The Labute approximate surface area is 268 Å². The van der Waals surface area contributed by atoms with Gasteiger partial charge in [-0.15, -0.1) is 0 Å². The minimum absolute atomic E-state index is 0.0174. The second kappa shape index (κ2) is 14.6. The Kier molecular flexibility index (Phi) is 11.1. The van der Waals surface area contributed by atoms with Crippen molar-refractivity contribution < 1.29 is 42.9 Å². The molecule has 4 rings (SSSR count). The largest absolute Gasteiger partial charge is 0.496 e. The van der Waals surface area contributed by atoms with E-state index in [9.17, 15) is 24.0 Å². The number of amides is 3. The SMILES string of the molecule is COc1cccc2[nH]c(C(=O)N[C@@H](CC(C)C)C(=O)N[C@@H](C[C@@H]3CCCNC3=O)C(=O)COC(=O)C3(C)COC(C)(C)OC3)cc12. The highest BCUT2D eigenvalue weighted by Crippen LogP contribution is 2.31. The van der Waals surface area contributed by atoms with E-state index < -0.39 is 59.4 Å². The summed E-state index contributed by atoms with van der Waals surface area (Å²) in [5.41, 5.74) is -0.173. The average Bonchev–Trinajstić information content (AvgIpc) is 3.46. The van der Waals surface area contributed by atoms with Gasteiger partial charge in [-0.3, -0.25) is 24.0 Å². The number of benzene rings is 1. The highest BCUT2D eigenvalue weighted by Gasteiger charge is 2.44. The lowest BCUT2D eigenvalue weighted by Gasteiger charge is -2.39. The van der Waals surface area contributed by atoms with Crippen LogP contribution in [0.25, 0.3) is 10.9 Å². The molecule has 13 nitrogen and oxygen atoms in total. The van der Waals surface area contributed by atoms with Crippen LogP contribution in [0.1, 0.15) is 70.8 Å². The number of esters is 1. The second-order valence-corrected chi connectivity index (χ2v) is 13.3. The molecule has 3 atom stereocenters. The molecule has 2 saturated heterocycles. The van der Waals surface area contributed by atoms with Crippen LogP contribution in [0.5, 0.6) is 5.75 Å². The monoisotopic (exact) mass is 642 g/mol. The van der Waals surface area contributed by atoms with Crippen molar-refractivity contribution in [3.63, 3.8) is 0 Å². The van der Waals surface area contributed by atoms with E-state index in [0.717, 1.165) is 11.8 Å². The maximum Gasteiger partial charge on any atom is 0.316 e. The fourth-order valence-electron chi connectivity index (χ4n) is 5.53. The normalized spacial score (nSPS) is 20.3. The zero-order chi connectivity index (χ0) is 33.6. The van der Waals surface area contributed by atoms with Crippen molar-refractivity contribution >= 4 is 40.4 Å². The number of hydrogen-bond acceptors (Lipinski definition) is 9. The van der Waals surface area contributed by atoms with Gasteiger partial charge in [0.1, 0.15) is 22.9 Å². The third-order valence-corrected chi connectivity index (χ3v) is 8.36. The second-order valence-electron chi connectivity index (χ2n) is 13.3. The van der Waals surface area contributed by atoms with Gasteiger partial charge in [0.15, 0.2) is 18.2 Å². The topological polar surface area (TPSA) is 174 Å². The van der Waals surface area contributed by atoms with Crippen LogP contribution in [-0.2, 0) is 33.4 Å². The van der Waals surface area contributed by atoms with E-state index in [1.807, 2.05) is 19.9 Å². The Hall–Kier alpha value is -3.97. The van der Waals surface area contributed by atoms with Gasteiger partial charge in [-0.05, 0) is 70.6 Å². The van der Waals surface area contributed by atoms with Crippen LogP contribution in [0, 0.1) is 17.3 Å². The molecule has 1 aromatic carbocycles. The molecule has 0 radical (unpaired) electrons. The number of ketones is 1. The zero-order valence-electron chi connectivity index (χ0n) is 27.4. The average molecular weight is 643 g/mol. The van der Waals surface area contributed by atoms with Crippen molar-refractivity contribution in [3.8, 4) is 5.75 Å². The summed E-state index contributed by atoms with van der Waals surface area (Å²) in [6.07, 6.45) is 1.59. The molecular formula is C33H46N4O9. The molecule has 13 heteroatoms. The number of ether oxygens (including phenoxy) is 4. The van der Waals surface area contributed by atoms with Crippen LogP contribution in [0.2, 0.25) is 0 Å². The van der Waals surface area contributed by atoms with Crippen LogP contribution in [0.4, 0.5) is 0 Å². The summed E-state index contributed by atoms with van der Waals surface area (Å²) in [6, 6.07) is 4.92. The number of carbonyl (C=O) groups is 5. The van der Waals surface area contributed by atoms with Crippen molar-refractivity contribution in [1.82, 2.24) is 20.9 Å². The van der Waals surface area contributed by atoms with Gasteiger partial charge in [-0.2, -0.15) is 0 Å². The Bertz CT molecular complexity index is 1440. The zero-order valence-corrected chi connectivity index (χ0v) is 27.4. The van der Waals surface area contributed by atoms with Crippen molar-refractivity contribution in [2.75, 3.05) is 33.5 Å². The van der Waals surface area contributed by atoms with Gasteiger partial charge in [-0.25, -0.2) is 0 Å². The standard InChI is InChI=1S/C33H46N4O9/c1-19(2)13-24(37-30(41)25-15-21-22(35-25)10-7-11-27(21)43-6)29(40)36-23(14-20-9-8-12-34-28(20)39)26(38)16-44-31(42)33(5)17-45-32(3,4)46-18-33/h7,10-11,15,19-20,23-24,35H,8-9,12-14,16-18H2,1-6H3,(H,34,39)(H,36,40)(H,37,41)/t20-,23-,24-/m0/s1. The first-order chi connectivity index (χ1) is 21.7. The highest BCUT2D eigenvalue weighted by atomic mass is 16.7. The molecule has 1 aromatic heterocycles. The number of aromatic nitrogens is 1. The molecule has 2 fully saturated rings. The molecular weight excluding hydrogens is 596 g/mol. The van der Waals surface area contributed by atoms with Crippen LogP contribution >= 0.6 is 0 Å². The molecule has 0 spiro atoms. The number of nitrogens with one attached hydrogen (secondary N) is 4. The summed E-state index contributed by atoms with van der Waals surface area (Å²) in [5, 5.41) is 9.08. The molecule has 3 amide bonds. The van der Waals surface area contributed by atoms with Crippen molar-refractivity contribution in [2.45, 2.75) is 78.2 Å². The fourth-order valence-corrected chi connectivity index (χ4v) is 5.53. The van der Waals surface area contributed by atoms with Gasteiger partial charge in [-0.1, -0.05) is 19.9 Å². The van der Waals surface area contributed by atoms with Crippen LogP contribution in [0.3, 0.4) is 0 Å². The maximum absolute atomic E-state index is 13.7. The summed E-state index contributed by atoms with van der Waals surface area (Å²) in [6.45, 7) is 8.96. The van der Waals surface area contributed by atoms with Crippen LogP contribution < -0.4 is 20.7 Å². The first-order valence-electron chi connectivity index (χ1n) is 15.7. The number of fused-ring (bicyclic) bond motifs is 1. The van der Waals surface area contributed by atoms with Gasteiger partial charge in [0.05, 0.1) is 26.4 Å². The summed E-state index contributed by atoms with van der Waals surface area (Å²) in [4.78, 5) is 69.2. The van der Waals surface area contributed by atoms with E-state index >= 15 is 0 Å². The molecule has 3 heterocycles. The first-order valence-corrected chi connectivity index (χ1v) is 15.7. The molecule has 0 unspecified atom stereocenters. The third kappa shape index (κ3) is 8.64. The van der Waals surface area contributed by atoms with Crippen molar-refractivity contribution in [1.29, 1.82) is 0 Å². The third-order valence-electron chi connectivity index (χ3n) is 8.36. The number of piperidine rings is 1. The number of hydrogen-bond donors (Lipinski definition) is 4. The Morgan fingerprint density at radius 2 is 1.78 bits per heavy atom. The Balaban J connectivity index is 1.48. The molecule has 46 heavy (non-hydrogen) atoms. The van der Waals surface area contributed by atoms with Gasteiger partial charge in [0, 0.05) is 23.4 Å². The van der Waals surface area contributed by atoms with E-state index in [2.05, 4.69) is 20.9 Å². The Morgan fingerprint density at radius 3 is 2.43 bits per heavy atom. The molecule has 4 N–H and O–H groups in total. The summed E-state index contributed by atoms with van der Waals surface area (Å²) < 4.78 is 22.0. The molecule has 252 valence electrons. The number of H-pyrrole nitrogens is 1. The fraction of sp³-hybridized carbons (Fsp3) is 0.606. The minimum atomic E-state index is -1.14. The predicted octanol–water partition coefficient (Wildman–Crippen LogP) is 2.62. The lowest BCUT2D eigenvalue weighted by Crippen LogP contribution is -2.54. The van der Waals surface area contributed by atoms with E-state index in [0.29, 0.717) is 24.2 Å². The lowest BCUT2D eigenvalue weighted by molar-refractivity contribution is -0.281. The number of aromatic amines is 1. The van der Waals surface area contributed by atoms with E-state index in [1.54, 1.807) is 46.1 Å². The summed E-state index contributed by atoms with van der Waals surface area (Å²) in [5.74, 6) is -3.27. The summed E-state index contributed by atoms with van der Waals surface area (Å²) >= 11 is 0. The summed E-state index contributed by atoms with van der Waals surface area (Å²) in [7, 11) is 1.54. The van der Waals surface area contributed by atoms with Crippen LogP contribution in [-0.4, -0.2) is 85.8 Å². The quantitative estimate of drug-likeness (QED) is 0.240. The molecule has 0 aliphatic carbocycles. The van der Waals surface area contributed by atoms with Gasteiger partial charge in [0.25, 0.3) is 5.91 Å². The van der Waals surface area contributed by atoms with Crippen molar-refractivity contribution in [3.05, 3.63) is 30.0 Å². The number of carbonyl (C=O) groups excluding carboxylic acids is 5. The molecule has 2 aliphatic rings. The number of rotatable bonds is 13. The number of methoxy groups -OCH3 is 1. The smallest absolute Gasteiger partial charge is 0.316 e. The van der Waals surface area contributed by atoms with E-state index in [1.165, 1.54) is 0 Å². The first kappa shape index (κ1) is 34.9. The maximum atomic E-state index is 13.7. The number of Topliss-reactive ketones (excluding diaryl/α,β-unsaturated/α-hetero) is 1. The van der Waals surface area contributed by atoms with Crippen molar-refractivity contribution in [2.24, 2.45) is 17.3 Å². The van der Waals surface area contributed by atoms with E-state index in [-0.39, 0.29) is 43.6 Å². The molecule has 0 saturated carbocycles. The minimum Gasteiger partial charge on any atom is -0.496 e. The predicted molar refractivity (Wildman–Crippen MR) is 168 cm³/mol. The Morgan fingerprint density at radius 1 is 1.07 bits per heavy atom. The van der Waals surface area contributed by atoms with Gasteiger partial charge >= 0.3 is 5.97 Å². The molecule has 2 aliphatic heterocycles. The molecule has 2 aromatic rings. The molecule has 0 bridgehead atoms.